The molecule has 1 rings (SSSR count). The van der Waals surface area contributed by atoms with Gasteiger partial charge in [0.05, 0.1) is 0 Å². The summed E-state index contributed by atoms with van der Waals surface area (Å²) >= 11 is 0. The second-order valence-electron chi connectivity index (χ2n) is 6.19. The van der Waals surface area contributed by atoms with Gasteiger partial charge in [-0.05, 0) is 45.3 Å². The molecule has 0 radical (unpaired) electrons. The maximum Gasteiger partial charge on any atom is 0.220 e. The molecule has 118 valence electrons. The van der Waals surface area contributed by atoms with Crippen molar-refractivity contribution in [2.75, 3.05) is 26.7 Å². The Bertz CT molecular complexity index is 260. The zero-order chi connectivity index (χ0) is 14.8. The average Bonchev–Trinajstić information content (AvgIpc) is 2.49. The van der Waals surface area contributed by atoms with Crippen molar-refractivity contribution < 1.29 is 4.79 Å². The average molecular weight is 283 g/mol. The topological polar surface area (TPSA) is 58.4 Å². The van der Waals surface area contributed by atoms with Crippen LogP contribution < -0.4 is 11.1 Å². The second kappa shape index (κ2) is 10.2. The molecule has 0 aromatic rings. The van der Waals surface area contributed by atoms with Crippen LogP contribution in [0.1, 0.15) is 58.3 Å². The first-order chi connectivity index (χ1) is 9.67. The van der Waals surface area contributed by atoms with Crippen LogP contribution in [0.4, 0.5) is 0 Å². The van der Waals surface area contributed by atoms with Gasteiger partial charge in [-0.2, -0.15) is 0 Å². The summed E-state index contributed by atoms with van der Waals surface area (Å²) in [5.74, 6) is 0.488. The monoisotopic (exact) mass is 283 g/mol. The number of nitrogens with two attached hydrogens (primary N) is 1. The number of amides is 1. The number of nitrogens with zero attached hydrogens (tertiary/aromatic N) is 1. The number of nitrogens with one attached hydrogen (secondary N) is 1. The first-order valence-corrected chi connectivity index (χ1v) is 8.34. The Kier molecular flexibility index (Phi) is 8.86. The van der Waals surface area contributed by atoms with Crippen molar-refractivity contribution in [2.24, 2.45) is 11.7 Å². The molecule has 1 aliphatic carbocycles. The molecule has 0 heterocycles. The van der Waals surface area contributed by atoms with E-state index < -0.39 is 0 Å². The van der Waals surface area contributed by atoms with Crippen LogP contribution in [0.2, 0.25) is 0 Å². The molecular formula is C16H33N3O. The van der Waals surface area contributed by atoms with E-state index in [-0.39, 0.29) is 5.91 Å². The zero-order valence-corrected chi connectivity index (χ0v) is 13.4. The van der Waals surface area contributed by atoms with Crippen LogP contribution in [0.3, 0.4) is 0 Å². The van der Waals surface area contributed by atoms with Crippen LogP contribution in [0, 0.1) is 5.92 Å². The lowest BCUT2D eigenvalue weighted by Crippen LogP contribution is -2.36. The standard InChI is InChI=1S/C16H33N3O/c1-3-14(13-17)12-16(20)18-10-7-11-19(2)15-8-5-4-6-9-15/h14-15H,3-13,17H2,1-2H3,(H,18,20). The summed E-state index contributed by atoms with van der Waals surface area (Å²) in [6.07, 6.45) is 9.44. The Balaban J connectivity index is 2.07. The van der Waals surface area contributed by atoms with Gasteiger partial charge in [0.2, 0.25) is 5.91 Å². The predicted molar refractivity (Wildman–Crippen MR) is 84.6 cm³/mol. The van der Waals surface area contributed by atoms with Crippen LogP contribution in [0.15, 0.2) is 0 Å². The first kappa shape index (κ1) is 17.4. The summed E-state index contributed by atoms with van der Waals surface area (Å²) in [4.78, 5) is 14.2. The van der Waals surface area contributed by atoms with Gasteiger partial charge in [-0.3, -0.25) is 4.79 Å². The fraction of sp³-hybridized carbons (Fsp3) is 0.938. The minimum absolute atomic E-state index is 0.155. The molecule has 20 heavy (non-hydrogen) atoms. The number of rotatable bonds is 9. The second-order valence-corrected chi connectivity index (χ2v) is 6.19. The third-order valence-electron chi connectivity index (χ3n) is 4.59. The summed E-state index contributed by atoms with van der Waals surface area (Å²) in [7, 11) is 2.22. The molecule has 1 aliphatic rings. The van der Waals surface area contributed by atoms with Crippen molar-refractivity contribution >= 4 is 5.91 Å². The molecule has 0 saturated heterocycles. The number of hydrogen-bond acceptors (Lipinski definition) is 3. The van der Waals surface area contributed by atoms with E-state index >= 15 is 0 Å². The van der Waals surface area contributed by atoms with Crippen LogP contribution in [-0.2, 0) is 4.79 Å². The third kappa shape index (κ3) is 6.71. The van der Waals surface area contributed by atoms with Crippen LogP contribution in [0.25, 0.3) is 0 Å². The summed E-state index contributed by atoms with van der Waals surface area (Å²) in [5, 5.41) is 3.02. The molecule has 1 saturated carbocycles. The van der Waals surface area contributed by atoms with Crippen LogP contribution >= 0.6 is 0 Å². The predicted octanol–water partition coefficient (Wildman–Crippen LogP) is 2.13. The van der Waals surface area contributed by atoms with Crippen molar-refractivity contribution in [3.63, 3.8) is 0 Å². The molecule has 4 heteroatoms. The van der Waals surface area contributed by atoms with Crippen molar-refractivity contribution in [1.29, 1.82) is 0 Å². The van der Waals surface area contributed by atoms with E-state index in [2.05, 4.69) is 24.2 Å². The Morgan fingerprint density at radius 1 is 1.35 bits per heavy atom. The van der Waals surface area contributed by atoms with Crippen LogP contribution in [0.5, 0.6) is 0 Å². The molecule has 0 aromatic carbocycles. The number of carbonyl (C=O) groups is 1. The highest BCUT2D eigenvalue weighted by Gasteiger charge is 2.17. The van der Waals surface area contributed by atoms with Gasteiger partial charge in [-0.1, -0.05) is 32.6 Å². The van der Waals surface area contributed by atoms with E-state index in [0.29, 0.717) is 18.9 Å². The largest absolute Gasteiger partial charge is 0.356 e. The molecule has 1 atom stereocenters. The molecule has 0 aromatic heterocycles. The molecular weight excluding hydrogens is 250 g/mol. The molecule has 1 unspecified atom stereocenters. The quantitative estimate of drug-likeness (QED) is 0.637. The lowest BCUT2D eigenvalue weighted by molar-refractivity contribution is -0.122. The van der Waals surface area contributed by atoms with Crippen molar-refractivity contribution in [1.82, 2.24) is 10.2 Å². The summed E-state index contributed by atoms with van der Waals surface area (Å²) in [6.45, 7) is 4.56. The van der Waals surface area contributed by atoms with E-state index in [1.807, 2.05) is 0 Å². The lowest BCUT2D eigenvalue weighted by Gasteiger charge is -2.31. The van der Waals surface area contributed by atoms with Crippen molar-refractivity contribution in [3.8, 4) is 0 Å². The Hall–Kier alpha value is -0.610. The molecule has 0 aliphatic heterocycles. The fourth-order valence-corrected chi connectivity index (χ4v) is 2.99. The summed E-state index contributed by atoms with van der Waals surface area (Å²) in [5.41, 5.74) is 5.62. The van der Waals surface area contributed by atoms with Gasteiger partial charge in [0.1, 0.15) is 0 Å². The van der Waals surface area contributed by atoms with Crippen molar-refractivity contribution in [3.05, 3.63) is 0 Å². The normalized spacial score (nSPS) is 18.2. The molecule has 4 nitrogen and oxygen atoms in total. The van der Waals surface area contributed by atoms with Gasteiger partial charge in [0.25, 0.3) is 0 Å². The lowest BCUT2D eigenvalue weighted by atomic mass is 9.94. The Morgan fingerprint density at radius 3 is 2.65 bits per heavy atom. The van der Waals surface area contributed by atoms with Gasteiger partial charge in [0, 0.05) is 19.0 Å². The van der Waals surface area contributed by atoms with E-state index in [1.54, 1.807) is 0 Å². The summed E-state index contributed by atoms with van der Waals surface area (Å²) in [6, 6.07) is 0.765. The van der Waals surface area contributed by atoms with E-state index in [1.165, 1.54) is 32.1 Å². The Morgan fingerprint density at radius 2 is 2.05 bits per heavy atom. The number of hydrogen-bond donors (Lipinski definition) is 2. The van der Waals surface area contributed by atoms with Gasteiger partial charge in [-0.15, -0.1) is 0 Å². The molecule has 0 bridgehead atoms. The van der Waals surface area contributed by atoms with Gasteiger partial charge >= 0.3 is 0 Å². The minimum atomic E-state index is 0.155. The summed E-state index contributed by atoms with van der Waals surface area (Å²) < 4.78 is 0. The van der Waals surface area contributed by atoms with E-state index in [0.717, 1.165) is 32.0 Å². The van der Waals surface area contributed by atoms with E-state index in [4.69, 9.17) is 5.73 Å². The van der Waals surface area contributed by atoms with Crippen molar-refractivity contribution in [2.45, 2.75) is 64.3 Å². The molecule has 3 N–H and O–H groups in total. The smallest absolute Gasteiger partial charge is 0.220 e. The highest BCUT2D eigenvalue weighted by Crippen LogP contribution is 2.21. The highest BCUT2D eigenvalue weighted by atomic mass is 16.1. The molecule has 0 spiro atoms. The van der Waals surface area contributed by atoms with Crippen LogP contribution in [-0.4, -0.2) is 43.5 Å². The van der Waals surface area contributed by atoms with Gasteiger partial charge in [0.15, 0.2) is 0 Å². The van der Waals surface area contributed by atoms with E-state index in [9.17, 15) is 4.79 Å². The maximum absolute atomic E-state index is 11.7. The van der Waals surface area contributed by atoms with Gasteiger partial charge in [-0.25, -0.2) is 0 Å². The maximum atomic E-state index is 11.7. The zero-order valence-electron chi connectivity index (χ0n) is 13.4. The third-order valence-corrected chi connectivity index (χ3v) is 4.59. The SMILES string of the molecule is CCC(CN)CC(=O)NCCCN(C)C1CCCCC1. The molecule has 1 fully saturated rings. The minimum Gasteiger partial charge on any atom is -0.356 e. The fourth-order valence-electron chi connectivity index (χ4n) is 2.99. The molecule has 1 amide bonds. The number of carbonyl (C=O) groups excluding carboxylic acids is 1. The Labute approximate surface area is 124 Å². The van der Waals surface area contributed by atoms with Gasteiger partial charge < -0.3 is 16.0 Å². The first-order valence-electron chi connectivity index (χ1n) is 8.34. The highest BCUT2D eigenvalue weighted by molar-refractivity contribution is 5.76.